The second-order valence-electron chi connectivity index (χ2n) is 4.93. The van der Waals surface area contributed by atoms with E-state index in [1.54, 1.807) is 0 Å². The first-order chi connectivity index (χ1) is 9.12. The molecular formula is C13H21NO5S. The Bertz CT molecular complexity index is 507. The van der Waals surface area contributed by atoms with Gasteiger partial charge in [0, 0.05) is 0 Å². The lowest BCUT2D eigenvalue weighted by molar-refractivity contribution is -0.147. The largest absolute Gasteiger partial charge is 0.344 e. The van der Waals surface area contributed by atoms with Crippen LogP contribution >= 0.6 is 0 Å². The molecule has 1 heterocycles. The Labute approximate surface area is 119 Å². The Balaban J connectivity index is 0.000000347. The number of ether oxygens (including phenoxy) is 2. The van der Waals surface area contributed by atoms with Gasteiger partial charge in [-0.15, -0.1) is 0 Å². The topological polar surface area (TPSA) is 98.9 Å². The molecule has 0 bridgehead atoms. The maximum atomic E-state index is 8.97. The summed E-state index contributed by atoms with van der Waals surface area (Å²) in [5.74, 6) is -0.457. The van der Waals surface area contributed by atoms with Crippen LogP contribution in [-0.2, 0) is 19.8 Å². The van der Waals surface area contributed by atoms with Crippen molar-refractivity contribution in [3.63, 3.8) is 0 Å². The SMILES string of the molecule is CC[C@H]1OC(C)(C)O[C@@H]1c1ccccc1.NS(=O)(=O)O. The van der Waals surface area contributed by atoms with Gasteiger partial charge in [0.25, 0.3) is 0 Å². The molecule has 6 nitrogen and oxygen atoms in total. The first-order valence-electron chi connectivity index (χ1n) is 6.28. The van der Waals surface area contributed by atoms with Crippen LogP contribution < -0.4 is 5.14 Å². The molecule has 0 radical (unpaired) electrons. The van der Waals surface area contributed by atoms with Gasteiger partial charge in [-0.05, 0) is 25.8 Å². The maximum Gasteiger partial charge on any atom is 0.330 e. The molecule has 1 aliphatic heterocycles. The van der Waals surface area contributed by atoms with Crippen LogP contribution in [-0.4, -0.2) is 24.9 Å². The number of hydrogen-bond donors (Lipinski definition) is 2. The lowest BCUT2D eigenvalue weighted by Crippen LogP contribution is -2.21. The summed E-state index contributed by atoms with van der Waals surface area (Å²) in [6.07, 6.45) is 1.22. The predicted octanol–water partition coefficient (Wildman–Crippen LogP) is 2.04. The molecular weight excluding hydrogens is 282 g/mol. The quantitative estimate of drug-likeness (QED) is 0.814. The molecule has 1 aliphatic rings. The van der Waals surface area contributed by atoms with Crippen LogP contribution in [0.15, 0.2) is 30.3 Å². The molecule has 114 valence electrons. The third-order valence-electron chi connectivity index (χ3n) is 2.71. The molecule has 0 aromatic heterocycles. The van der Waals surface area contributed by atoms with Gasteiger partial charge in [-0.25, -0.2) is 5.14 Å². The summed E-state index contributed by atoms with van der Waals surface area (Å²) in [5.41, 5.74) is 1.20. The van der Waals surface area contributed by atoms with Crippen LogP contribution in [0.2, 0.25) is 0 Å². The van der Waals surface area contributed by atoms with E-state index in [1.807, 2.05) is 32.0 Å². The number of nitrogens with two attached hydrogens (primary N) is 1. The van der Waals surface area contributed by atoms with Crippen molar-refractivity contribution in [2.24, 2.45) is 5.14 Å². The molecule has 2 atom stereocenters. The van der Waals surface area contributed by atoms with E-state index in [4.69, 9.17) is 22.4 Å². The molecule has 0 amide bonds. The molecule has 0 aliphatic carbocycles. The molecule has 2 rings (SSSR count). The minimum Gasteiger partial charge on any atom is -0.344 e. The monoisotopic (exact) mass is 303 g/mol. The fourth-order valence-electron chi connectivity index (χ4n) is 2.06. The molecule has 1 saturated heterocycles. The smallest absolute Gasteiger partial charge is 0.330 e. The Morgan fingerprint density at radius 3 is 2.20 bits per heavy atom. The van der Waals surface area contributed by atoms with E-state index in [9.17, 15) is 0 Å². The standard InChI is InChI=1S/C13H18O2.H3NO3S/c1-4-11-12(15-13(2,3)14-11)10-8-6-5-7-9-10;1-5(2,3)4/h5-9,11-12H,4H2,1-3H3;(H3,1,2,3,4)/t11-,12-;/m1./s1. The lowest BCUT2D eigenvalue weighted by atomic mass is 10.0. The predicted molar refractivity (Wildman–Crippen MR) is 75.2 cm³/mol. The fraction of sp³-hybridized carbons (Fsp3) is 0.538. The van der Waals surface area contributed by atoms with E-state index < -0.39 is 16.1 Å². The molecule has 0 unspecified atom stereocenters. The van der Waals surface area contributed by atoms with Crippen molar-refractivity contribution in [3.8, 4) is 0 Å². The highest BCUT2D eigenvalue weighted by Gasteiger charge is 2.40. The molecule has 7 heteroatoms. The second-order valence-corrected chi connectivity index (χ2v) is 5.96. The summed E-state index contributed by atoms with van der Waals surface area (Å²) in [7, 11) is -4.17. The molecule has 0 saturated carbocycles. The summed E-state index contributed by atoms with van der Waals surface area (Å²) < 4.78 is 37.0. The van der Waals surface area contributed by atoms with Gasteiger partial charge in [-0.2, -0.15) is 8.42 Å². The number of rotatable bonds is 2. The zero-order valence-electron chi connectivity index (χ0n) is 11.8. The summed E-state index contributed by atoms with van der Waals surface area (Å²) >= 11 is 0. The van der Waals surface area contributed by atoms with E-state index in [-0.39, 0.29) is 12.2 Å². The van der Waals surface area contributed by atoms with Crippen molar-refractivity contribution < 1.29 is 22.4 Å². The maximum absolute atomic E-state index is 8.97. The van der Waals surface area contributed by atoms with Crippen LogP contribution in [0.5, 0.6) is 0 Å². The highest BCUT2D eigenvalue weighted by atomic mass is 32.2. The van der Waals surface area contributed by atoms with Crippen molar-refractivity contribution >= 4 is 10.3 Å². The highest BCUT2D eigenvalue weighted by Crippen LogP contribution is 2.39. The lowest BCUT2D eigenvalue weighted by Gasteiger charge is -2.16. The summed E-state index contributed by atoms with van der Waals surface area (Å²) in [6.45, 7) is 6.07. The van der Waals surface area contributed by atoms with Gasteiger partial charge in [-0.1, -0.05) is 37.3 Å². The number of hydrogen-bond acceptors (Lipinski definition) is 4. The van der Waals surface area contributed by atoms with Crippen LogP contribution in [0.3, 0.4) is 0 Å². The molecule has 3 N–H and O–H groups in total. The molecule has 20 heavy (non-hydrogen) atoms. The van der Waals surface area contributed by atoms with Gasteiger partial charge in [0.05, 0.1) is 6.10 Å². The third-order valence-corrected chi connectivity index (χ3v) is 2.71. The van der Waals surface area contributed by atoms with Crippen LogP contribution in [0.25, 0.3) is 0 Å². The average molecular weight is 303 g/mol. The van der Waals surface area contributed by atoms with E-state index in [0.717, 1.165) is 6.42 Å². The van der Waals surface area contributed by atoms with Crippen molar-refractivity contribution in [2.45, 2.75) is 45.2 Å². The summed E-state index contributed by atoms with van der Waals surface area (Å²) in [6, 6.07) is 10.3. The summed E-state index contributed by atoms with van der Waals surface area (Å²) in [4.78, 5) is 0. The van der Waals surface area contributed by atoms with E-state index in [1.165, 1.54) is 5.56 Å². The van der Waals surface area contributed by atoms with Crippen molar-refractivity contribution in [1.29, 1.82) is 0 Å². The first kappa shape index (κ1) is 17.1. The molecule has 1 aromatic carbocycles. The minimum atomic E-state index is -4.17. The van der Waals surface area contributed by atoms with Gasteiger partial charge in [0.1, 0.15) is 6.10 Å². The third kappa shape index (κ3) is 5.98. The van der Waals surface area contributed by atoms with Crippen LogP contribution in [0.1, 0.15) is 38.9 Å². The zero-order chi connectivity index (χ0) is 15.4. The van der Waals surface area contributed by atoms with Crippen molar-refractivity contribution in [1.82, 2.24) is 0 Å². The van der Waals surface area contributed by atoms with Crippen LogP contribution in [0, 0.1) is 0 Å². The van der Waals surface area contributed by atoms with Gasteiger partial charge in [0.15, 0.2) is 5.79 Å². The van der Waals surface area contributed by atoms with Gasteiger partial charge >= 0.3 is 10.3 Å². The Morgan fingerprint density at radius 1 is 1.25 bits per heavy atom. The first-order valence-corrected chi connectivity index (χ1v) is 7.78. The fourth-order valence-corrected chi connectivity index (χ4v) is 2.06. The Hall–Kier alpha value is -0.990. The van der Waals surface area contributed by atoms with E-state index in [0.29, 0.717) is 0 Å². The van der Waals surface area contributed by atoms with E-state index >= 15 is 0 Å². The van der Waals surface area contributed by atoms with Gasteiger partial charge in [-0.3, -0.25) is 4.55 Å². The van der Waals surface area contributed by atoms with Gasteiger partial charge < -0.3 is 9.47 Å². The minimum absolute atomic E-state index is 0.0752. The van der Waals surface area contributed by atoms with E-state index in [2.05, 4.69) is 24.2 Å². The molecule has 0 spiro atoms. The average Bonchev–Trinajstić information content (AvgIpc) is 2.64. The summed E-state index contributed by atoms with van der Waals surface area (Å²) in [5, 5.41) is 3.88. The second kappa shape index (κ2) is 6.64. The molecule has 1 aromatic rings. The van der Waals surface area contributed by atoms with Crippen LogP contribution in [0.4, 0.5) is 0 Å². The highest BCUT2D eigenvalue weighted by molar-refractivity contribution is 7.83. The normalized spacial score (nSPS) is 24.9. The number of benzene rings is 1. The zero-order valence-corrected chi connectivity index (χ0v) is 12.6. The van der Waals surface area contributed by atoms with Crippen molar-refractivity contribution in [3.05, 3.63) is 35.9 Å². The Kier molecular flexibility index (Phi) is 5.67. The van der Waals surface area contributed by atoms with Gasteiger partial charge in [0.2, 0.25) is 0 Å². The Morgan fingerprint density at radius 2 is 1.75 bits per heavy atom. The molecule has 1 fully saturated rings. The van der Waals surface area contributed by atoms with Crippen molar-refractivity contribution in [2.75, 3.05) is 0 Å².